The summed E-state index contributed by atoms with van der Waals surface area (Å²) in [4.78, 5) is 28.0. The number of hydrogen-bond acceptors (Lipinski definition) is 4. The molecule has 1 aliphatic rings. The number of fused-ring (bicyclic) bond motifs is 1. The van der Waals surface area contributed by atoms with Crippen LogP contribution in [0.3, 0.4) is 0 Å². The van der Waals surface area contributed by atoms with Crippen LogP contribution in [0.2, 0.25) is 0 Å². The molecule has 1 N–H and O–H groups in total. The van der Waals surface area contributed by atoms with E-state index < -0.39 is 0 Å². The zero-order valence-corrected chi connectivity index (χ0v) is 18.3. The number of aryl methyl sites for hydroxylation is 1. The van der Waals surface area contributed by atoms with Crippen LogP contribution in [0, 0.1) is 0 Å². The summed E-state index contributed by atoms with van der Waals surface area (Å²) in [5, 5.41) is 3.88. The number of ether oxygens (including phenoxy) is 2. The Morgan fingerprint density at radius 2 is 1.81 bits per heavy atom. The van der Waals surface area contributed by atoms with E-state index in [1.165, 1.54) is 0 Å². The van der Waals surface area contributed by atoms with Crippen LogP contribution < -0.4 is 10.1 Å². The van der Waals surface area contributed by atoms with E-state index in [2.05, 4.69) is 22.9 Å². The summed E-state index contributed by atoms with van der Waals surface area (Å²) in [5.74, 6) is 0.0947. The van der Waals surface area contributed by atoms with Gasteiger partial charge in [-0.3, -0.25) is 9.59 Å². The van der Waals surface area contributed by atoms with E-state index in [1.54, 1.807) is 42.4 Å². The van der Waals surface area contributed by atoms with Gasteiger partial charge in [-0.25, -0.2) is 0 Å². The van der Waals surface area contributed by atoms with E-state index >= 15 is 0 Å². The number of amides is 2. The minimum Gasteiger partial charge on any atom is -0.497 e. The molecular formula is C25H27N3O4. The SMILES string of the molecule is CCn1cc(C=C(NC(=O)c2ccc(OC)cc2)C(=O)N2CCOCC2)c2ccccc21. The van der Waals surface area contributed by atoms with Crippen molar-refractivity contribution in [3.63, 3.8) is 0 Å². The van der Waals surface area contributed by atoms with E-state index in [1.807, 2.05) is 24.4 Å². The van der Waals surface area contributed by atoms with Crippen molar-refractivity contribution < 1.29 is 19.1 Å². The van der Waals surface area contributed by atoms with Crippen LogP contribution in [0.25, 0.3) is 17.0 Å². The Balaban J connectivity index is 1.70. The van der Waals surface area contributed by atoms with E-state index in [0.29, 0.717) is 37.6 Å². The molecular weight excluding hydrogens is 406 g/mol. The van der Waals surface area contributed by atoms with Gasteiger partial charge >= 0.3 is 0 Å². The van der Waals surface area contributed by atoms with Gasteiger partial charge in [0.15, 0.2) is 0 Å². The monoisotopic (exact) mass is 433 g/mol. The fraction of sp³-hybridized carbons (Fsp3) is 0.280. The molecule has 7 heteroatoms. The van der Waals surface area contributed by atoms with Crippen LogP contribution in [0.4, 0.5) is 0 Å². The molecule has 0 atom stereocenters. The summed E-state index contributed by atoms with van der Waals surface area (Å²) in [6.45, 7) is 4.84. The van der Waals surface area contributed by atoms with Gasteiger partial charge in [0.2, 0.25) is 0 Å². The molecule has 0 radical (unpaired) electrons. The Morgan fingerprint density at radius 3 is 2.50 bits per heavy atom. The fourth-order valence-corrected chi connectivity index (χ4v) is 3.83. The number of methoxy groups -OCH3 is 1. The second-order valence-corrected chi connectivity index (χ2v) is 7.53. The van der Waals surface area contributed by atoms with Crippen LogP contribution in [0.1, 0.15) is 22.8 Å². The maximum Gasteiger partial charge on any atom is 0.270 e. The number of benzene rings is 2. The Kier molecular flexibility index (Phi) is 6.56. The first-order chi connectivity index (χ1) is 15.6. The average Bonchev–Trinajstić information content (AvgIpc) is 3.21. The third-order valence-electron chi connectivity index (χ3n) is 5.59. The fourth-order valence-electron chi connectivity index (χ4n) is 3.83. The molecule has 1 aromatic heterocycles. The van der Waals surface area contributed by atoms with Crippen LogP contribution in [0.15, 0.2) is 60.4 Å². The lowest BCUT2D eigenvalue weighted by molar-refractivity contribution is -0.131. The number of hydrogen-bond donors (Lipinski definition) is 1. The molecule has 0 bridgehead atoms. The number of nitrogens with one attached hydrogen (secondary N) is 1. The van der Waals surface area contributed by atoms with Gasteiger partial charge in [0, 0.05) is 47.9 Å². The standard InChI is InChI=1S/C25H27N3O4/c1-3-27-17-19(21-6-4-5-7-23(21)27)16-22(25(30)28-12-14-32-15-13-28)26-24(29)18-8-10-20(31-2)11-9-18/h4-11,16-17H,3,12-15H2,1-2H3,(H,26,29). The van der Waals surface area contributed by atoms with Gasteiger partial charge in [-0.15, -0.1) is 0 Å². The molecule has 0 spiro atoms. The van der Waals surface area contributed by atoms with Crippen LogP contribution in [-0.4, -0.2) is 54.7 Å². The first-order valence-corrected chi connectivity index (χ1v) is 10.7. The summed E-state index contributed by atoms with van der Waals surface area (Å²) in [7, 11) is 1.57. The molecule has 0 unspecified atom stereocenters. The molecule has 2 amide bonds. The van der Waals surface area contributed by atoms with Crippen molar-refractivity contribution in [3.8, 4) is 5.75 Å². The molecule has 3 aromatic rings. The molecule has 4 rings (SSSR count). The summed E-state index contributed by atoms with van der Waals surface area (Å²) in [5.41, 5.74) is 2.66. The van der Waals surface area contributed by atoms with Crippen LogP contribution in [-0.2, 0) is 16.1 Å². The molecule has 0 saturated carbocycles. The van der Waals surface area contributed by atoms with Crippen molar-refractivity contribution in [3.05, 3.63) is 71.6 Å². The van der Waals surface area contributed by atoms with E-state index in [-0.39, 0.29) is 17.5 Å². The van der Waals surface area contributed by atoms with Crippen LogP contribution in [0.5, 0.6) is 5.75 Å². The first-order valence-electron chi connectivity index (χ1n) is 10.7. The summed E-state index contributed by atoms with van der Waals surface area (Å²) >= 11 is 0. The highest BCUT2D eigenvalue weighted by Gasteiger charge is 2.23. The van der Waals surface area contributed by atoms with E-state index in [9.17, 15) is 9.59 Å². The van der Waals surface area contributed by atoms with Gasteiger partial charge in [-0.05, 0) is 43.3 Å². The van der Waals surface area contributed by atoms with Gasteiger partial charge in [0.25, 0.3) is 11.8 Å². The average molecular weight is 434 g/mol. The molecule has 166 valence electrons. The van der Waals surface area contributed by atoms with Gasteiger partial charge in [-0.1, -0.05) is 18.2 Å². The maximum atomic E-state index is 13.3. The third kappa shape index (κ3) is 4.53. The maximum absolute atomic E-state index is 13.3. The quantitative estimate of drug-likeness (QED) is 0.606. The molecule has 1 aliphatic heterocycles. The molecule has 1 saturated heterocycles. The minimum atomic E-state index is -0.347. The Hall–Kier alpha value is -3.58. The molecule has 32 heavy (non-hydrogen) atoms. The molecule has 2 heterocycles. The number of carbonyl (C=O) groups excluding carboxylic acids is 2. The van der Waals surface area contributed by atoms with Crippen molar-refractivity contribution in [1.29, 1.82) is 0 Å². The molecule has 0 aliphatic carbocycles. The molecule has 7 nitrogen and oxygen atoms in total. The van der Waals surface area contributed by atoms with Gasteiger partial charge in [-0.2, -0.15) is 0 Å². The van der Waals surface area contributed by atoms with Crippen molar-refractivity contribution in [2.24, 2.45) is 0 Å². The smallest absolute Gasteiger partial charge is 0.270 e. The summed E-state index contributed by atoms with van der Waals surface area (Å²) in [6, 6.07) is 14.8. The number of para-hydroxylation sites is 1. The zero-order chi connectivity index (χ0) is 22.5. The second kappa shape index (κ2) is 9.70. The first kappa shape index (κ1) is 21.6. The lowest BCUT2D eigenvalue weighted by atomic mass is 10.1. The number of carbonyl (C=O) groups is 2. The minimum absolute atomic E-state index is 0.219. The van der Waals surface area contributed by atoms with Crippen molar-refractivity contribution in [2.45, 2.75) is 13.5 Å². The number of morpholine rings is 1. The predicted molar refractivity (Wildman–Crippen MR) is 123 cm³/mol. The summed E-state index contributed by atoms with van der Waals surface area (Å²) < 4.78 is 12.7. The normalized spacial score (nSPS) is 14.4. The predicted octanol–water partition coefficient (Wildman–Crippen LogP) is 3.30. The second-order valence-electron chi connectivity index (χ2n) is 7.53. The van der Waals surface area contributed by atoms with Gasteiger partial charge in [0.05, 0.1) is 20.3 Å². The largest absolute Gasteiger partial charge is 0.497 e. The Morgan fingerprint density at radius 1 is 1.09 bits per heavy atom. The van der Waals surface area contributed by atoms with Crippen molar-refractivity contribution in [1.82, 2.24) is 14.8 Å². The Bertz CT molecular complexity index is 1140. The lowest BCUT2D eigenvalue weighted by Gasteiger charge is -2.27. The zero-order valence-electron chi connectivity index (χ0n) is 18.3. The topological polar surface area (TPSA) is 72.8 Å². The highest BCUT2D eigenvalue weighted by molar-refractivity contribution is 6.06. The number of nitrogens with zero attached hydrogens (tertiary/aromatic N) is 2. The van der Waals surface area contributed by atoms with Crippen molar-refractivity contribution in [2.75, 3.05) is 33.4 Å². The lowest BCUT2D eigenvalue weighted by Crippen LogP contribution is -2.44. The molecule has 2 aromatic carbocycles. The van der Waals surface area contributed by atoms with Crippen molar-refractivity contribution >= 4 is 28.8 Å². The third-order valence-corrected chi connectivity index (χ3v) is 5.59. The molecule has 1 fully saturated rings. The highest BCUT2D eigenvalue weighted by atomic mass is 16.5. The van der Waals surface area contributed by atoms with Gasteiger partial charge in [0.1, 0.15) is 11.4 Å². The van der Waals surface area contributed by atoms with E-state index in [0.717, 1.165) is 23.0 Å². The highest BCUT2D eigenvalue weighted by Crippen LogP contribution is 2.24. The van der Waals surface area contributed by atoms with E-state index in [4.69, 9.17) is 9.47 Å². The van der Waals surface area contributed by atoms with Crippen LogP contribution >= 0.6 is 0 Å². The van der Waals surface area contributed by atoms with Gasteiger partial charge < -0.3 is 24.3 Å². The Labute approximate surface area is 187 Å². The summed E-state index contributed by atoms with van der Waals surface area (Å²) in [6.07, 6.45) is 3.78. The number of aromatic nitrogens is 1. The number of rotatable bonds is 6.